The Bertz CT molecular complexity index is 510. The molecule has 2 aromatic heterocycles. The maximum atomic E-state index is 4.53. The van der Waals surface area contributed by atoms with Crippen molar-refractivity contribution in [1.29, 1.82) is 0 Å². The van der Waals surface area contributed by atoms with E-state index in [1.54, 1.807) is 11.3 Å². The molecule has 0 aliphatic carbocycles. The number of thiophene rings is 1. The van der Waals surface area contributed by atoms with Crippen LogP contribution in [0.3, 0.4) is 0 Å². The number of hydrogen-bond acceptors (Lipinski definition) is 3. The van der Waals surface area contributed by atoms with Gasteiger partial charge in [0, 0.05) is 22.0 Å². The molecule has 0 aliphatic heterocycles. The number of pyridine rings is 1. The van der Waals surface area contributed by atoms with Crippen LogP contribution in [0.2, 0.25) is 0 Å². The van der Waals surface area contributed by atoms with Crippen LogP contribution in [0.5, 0.6) is 0 Å². The SMILES string of the molecule is CCNC(Cc1sccc1Br)c1ncccc1C. The number of aromatic nitrogens is 1. The highest BCUT2D eigenvalue weighted by Crippen LogP contribution is 2.28. The highest BCUT2D eigenvalue weighted by Gasteiger charge is 2.16. The lowest BCUT2D eigenvalue weighted by atomic mass is 10.0. The fourth-order valence-corrected chi connectivity index (χ4v) is 3.59. The summed E-state index contributed by atoms with van der Waals surface area (Å²) in [7, 11) is 0. The van der Waals surface area contributed by atoms with Crippen molar-refractivity contribution in [2.24, 2.45) is 0 Å². The number of likely N-dealkylation sites (N-methyl/N-ethyl adjacent to an activating group) is 1. The van der Waals surface area contributed by atoms with Gasteiger partial charge < -0.3 is 5.32 Å². The van der Waals surface area contributed by atoms with Crippen molar-refractivity contribution in [3.05, 3.63) is 50.4 Å². The Morgan fingerprint density at radius 2 is 2.28 bits per heavy atom. The average Bonchev–Trinajstić information content (AvgIpc) is 2.75. The molecule has 0 bridgehead atoms. The predicted octanol–water partition coefficient (Wildman–Crippen LogP) is 4.11. The molecule has 0 aromatic carbocycles. The largest absolute Gasteiger partial charge is 0.309 e. The van der Waals surface area contributed by atoms with E-state index in [2.05, 4.69) is 57.6 Å². The molecule has 0 radical (unpaired) electrons. The number of nitrogens with zero attached hydrogens (tertiary/aromatic N) is 1. The Hall–Kier alpha value is -0.710. The lowest BCUT2D eigenvalue weighted by Gasteiger charge is -2.18. The Kier molecular flexibility index (Phi) is 4.92. The Morgan fingerprint density at radius 1 is 1.44 bits per heavy atom. The smallest absolute Gasteiger partial charge is 0.0605 e. The summed E-state index contributed by atoms with van der Waals surface area (Å²) in [5.74, 6) is 0. The Balaban J connectivity index is 2.24. The number of hydrogen-bond donors (Lipinski definition) is 1. The van der Waals surface area contributed by atoms with Crippen molar-refractivity contribution < 1.29 is 0 Å². The van der Waals surface area contributed by atoms with Crippen LogP contribution in [0.25, 0.3) is 0 Å². The van der Waals surface area contributed by atoms with Crippen LogP contribution < -0.4 is 5.32 Å². The second-order valence-electron chi connectivity index (χ2n) is 4.21. The maximum absolute atomic E-state index is 4.53. The zero-order chi connectivity index (χ0) is 13.0. The quantitative estimate of drug-likeness (QED) is 0.895. The molecule has 0 spiro atoms. The molecule has 0 fully saturated rings. The first-order chi connectivity index (χ1) is 8.72. The Morgan fingerprint density at radius 3 is 2.89 bits per heavy atom. The van der Waals surface area contributed by atoms with E-state index < -0.39 is 0 Å². The number of aryl methyl sites for hydroxylation is 1. The van der Waals surface area contributed by atoms with Gasteiger partial charge in [-0.3, -0.25) is 4.98 Å². The monoisotopic (exact) mass is 324 g/mol. The van der Waals surface area contributed by atoms with E-state index in [9.17, 15) is 0 Å². The normalized spacial score (nSPS) is 12.6. The fraction of sp³-hybridized carbons (Fsp3) is 0.357. The van der Waals surface area contributed by atoms with Gasteiger partial charge >= 0.3 is 0 Å². The van der Waals surface area contributed by atoms with Crippen LogP contribution in [0.1, 0.15) is 29.1 Å². The van der Waals surface area contributed by atoms with Crippen molar-refractivity contribution in [3.8, 4) is 0 Å². The molecule has 0 amide bonds. The van der Waals surface area contributed by atoms with E-state index in [1.807, 2.05) is 12.3 Å². The molecule has 1 N–H and O–H groups in total. The summed E-state index contributed by atoms with van der Waals surface area (Å²) < 4.78 is 1.20. The number of rotatable bonds is 5. The first-order valence-corrected chi connectivity index (χ1v) is 7.76. The van der Waals surface area contributed by atoms with Crippen LogP contribution in [0.15, 0.2) is 34.2 Å². The fourth-order valence-electron chi connectivity index (χ4n) is 2.03. The van der Waals surface area contributed by atoms with Crippen LogP contribution in [0.4, 0.5) is 0 Å². The summed E-state index contributed by atoms with van der Waals surface area (Å²) in [6, 6.07) is 6.50. The van der Waals surface area contributed by atoms with Gasteiger partial charge in [-0.05, 0) is 52.5 Å². The molecular weight excluding hydrogens is 308 g/mol. The van der Waals surface area contributed by atoms with Gasteiger partial charge in [-0.1, -0.05) is 13.0 Å². The standard InChI is InChI=1S/C14H17BrN2S/c1-3-16-12(9-13-11(15)6-8-18-13)14-10(2)5-4-7-17-14/h4-8,12,16H,3,9H2,1-2H3. The third kappa shape index (κ3) is 3.19. The van der Waals surface area contributed by atoms with Gasteiger partial charge in [0.25, 0.3) is 0 Å². The molecule has 0 saturated carbocycles. The highest BCUT2D eigenvalue weighted by atomic mass is 79.9. The highest BCUT2D eigenvalue weighted by molar-refractivity contribution is 9.10. The average molecular weight is 325 g/mol. The van der Waals surface area contributed by atoms with Gasteiger partial charge in [-0.15, -0.1) is 11.3 Å². The zero-order valence-corrected chi connectivity index (χ0v) is 13.0. The van der Waals surface area contributed by atoms with Gasteiger partial charge in [0.15, 0.2) is 0 Å². The van der Waals surface area contributed by atoms with Crippen molar-refractivity contribution in [2.45, 2.75) is 26.3 Å². The lowest BCUT2D eigenvalue weighted by molar-refractivity contribution is 0.536. The lowest BCUT2D eigenvalue weighted by Crippen LogP contribution is -2.24. The third-order valence-electron chi connectivity index (χ3n) is 2.91. The maximum Gasteiger partial charge on any atom is 0.0605 e. The summed E-state index contributed by atoms with van der Waals surface area (Å²) in [5.41, 5.74) is 2.40. The van der Waals surface area contributed by atoms with Crippen molar-refractivity contribution in [2.75, 3.05) is 6.54 Å². The van der Waals surface area contributed by atoms with E-state index in [0.717, 1.165) is 18.7 Å². The van der Waals surface area contributed by atoms with Crippen molar-refractivity contribution >= 4 is 27.3 Å². The molecule has 2 nitrogen and oxygen atoms in total. The van der Waals surface area contributed by atoms with Gasteiger partial charge in [-0.25, -0.2) is 0 Å². The van der Waals surface area contributed by atoms with E-state index >= 15 is 0 Å². The summed E-state index contributed by atoms with van der Waals surface area (Å²) in [5, 5.41) is 5.65. The van der Waals surface area contributed by atoms with Gasteiger partial charge in [-0.2, -0.15) is 0 Å². The second-order valence-corrected chi connectivity index (χ2v) is 6.07. The van der Waals surface area contributed by atoms with Gasteiger partial charge in [0.1, 0.15) is 0 Å². The molecule has 2 heterocycles. The van der Waals surface area contributed by atoms with Crippen LogP contribution in [-0.2, 0) is 6.42 Å². The van der Waals surface area contributed by atoms with E-state index in [-0.39, 0.29) is 6.04 Å². The topological polar surface area (TPSA) is 24.9 Å². The van der Waals surface area contributed by atoms with Crippen molar-refractivity contribution in [1.82, 2.24) is 10.3 Å². The minimum atomic E-state index is 0.283. The molecule has 4 heteroatoms. The number of halogens is 1. The zero-order valence-electron chi connectivity index (χ0n) is 10.6. The summed E-state index contributed by atoms with van der Waals surface area (Å²) in [4.78, 5) is 5.90. The predicted molar refractivity (Wildman–Crippen MR) is 81.1 cm³/mol. The number of nitrogens with one attached hydrogen (secondary N) is 1. The van der Waals surface area contributed by atoms with E-state index in [1.165, 1.54) is 14.9 Å². The molecule has 0 aliphatic rings. The molecule has 2 rings (SSSR count). The Labute approximate surface area is 121 Å². The third-order valence-corrected chi connectivity index (χ3v) is 4.86. The van der Waals surface area contributed by atoms with Crippen LogP contribution >= 0.6 is 27.3 Å². The molecule has 1 unspecified atom stereocenters. The summed E-state index contributed by atoms with van der Waals surface area (Å²) >= 11 is 5.39. The van der Waals surface area contributed by atoms with E-state index in [0.29, 0.717) is 0 Å². The minimum Gasteiger partial charge on any atom is -0.309 e. The van der Waals surface area contributed by atoms with Crippen molar-refractivity contribution in [3.63, 3.8) is 0 Å². The van der Waals surface area contributed by atoms with Gasteiger partial charge in [0.2, 0.25) is 0 Å². The van der Waals surface area contributed by atoms with Crippen LogP contribution in [-0.4, -0.2) is 11.5 Å². The second kappa shape index (κ2) is 6.45. The minimum absolute atomic E-state index is 0.283. The van der Waals surface area contributed by atoms with Gasteiger partial charge in [0.05, 0.1) is 11.7 Å². The molecular formula is C14H17BrN2S. The first-order valence-electron chi connectivity index (χ1n) is 6.09. The molecule has 1 atom stereocenters. The first kappa shape index (κ1) is 13.7. The molecule has 96 valence electrons. The molecule has 2 aromatic rings. The summed E-state index contributed by atoms with van der Waals surface area (Å²) in [6.45, 7) is 5.20. The summed E-state index contributed by atoms with van der Waals surface area (Å²) in [6.07, 6.45) is 2.85. The molecule has 0 saturated heterocycles. The molecule has 18 heavy (non-hydrogen) atoms. The van der Waals surface area contributed by atoms with E-state index in [4.69, 9.17) is 0 Å². The van der Waals surface area contributed by atoms with Crippen LogP contribution in [0, 0.1) is 6.92 Å².